The molecule has 0 aromatic carbocycles. The Morgan fingerprint density at radius 3 is 3.12 bits per heavy atom. The number of rotatable bonds is 4. The Balaban J connectivity index is 2.40. The molecule has 0 amide bonds. The van der Waals surface area contributed by atoms with Crippen molar-refractivity contribution in [3.05, 3.63) is 16.7 Å². The molecule has 0 atom stereocenters. The number of aldehydes is 1. The molecule has 84 valence electrons. The topological polar surface area (TPSA) is 107 Å². The van der Waals surface area contributed by atoms with Crippen LogP contribution >= 0.6 is 0 Å². The predicted octanol–water partition coefficient (Wildman–Crippen LogP) is -0.319. The van der Waals surface area contributed by atoms with Crippen LogP contribution in [0.3, 0.4) is 0 Å². The third-order valence-corrected chi connectivity index (χ3v) is 2.22. The summed E-state index contributed by atoms with van der Waals surface area (Å²) in [5.41, 5.74) is 5.79. The van der Waals surface area contributed by atoms with Gasteiger partial charge in [-0.15, -0.1) is 0 Å². The van der Waals surface area contributed by atoms with Gasteiger partial charge < -0.3 is 15.1 Å². The van der Waals surface area contributed by atoms with E-state index in [0.717, 1.165) is 6.29 Å². The molecule has 7 nitrogen and oxygen atoms in total. The number of aromatic amines is 1. The number of anilines is 1. The minimum atomic E-state index is -0.314. The number of nitrogens with one attached hydrogen (secondary N) is 1. The monoisotopic (exact) mass is 221 g/mol. The Hall–Kier alpha value is -2.18. The molecule has 0 aliphatic carbocycles. The average Bonchev–Trinajstić information content (AvgIpc) is 2.62. The van der Waals surface area contributed by atoms with Crippen LogP contribution in [-0.4, -0.2) is 25.8 Å². The minimum Gasteiger partial charge on any atom is -0.369 e. The summed E-state index contributed by atoms with van der Waals surface area (Å²) in [5, 5.41) is 0. The molecule has 0 aliphatic rings. The summed E-state index contributed by atoms with van der Waals surface area (Å²) in [7, 11) is 0. The van der Waals surface area contributed by atoms with Crippen molar-refractivity contribution in [1.82, 2.24) is 19.5 Å². The molecule has 0 aliphatic heterocycles. The standard InChI is InChI=1S/C9H11N5O2/c10-9-12-7-6(8(16)13-9)14(5-11-7)3-1-2-4-15/h4-5H,1-3H2,(H3,10,12,13,16). The Morgan fingerprint density at radius 2 is 2.38 bits per heavy atom. The third kappa shape index (κ3) is 1.79. The van der Waals surface area contributed by atoms with Gasteiger partial charge in [-0.05, 0) is 6.42 Å². The van der Waals surface area contributed by atoms with Crippen LogP contribution < -0.4 is 11.3 Å². The number of nitrogen functional groups attached to an aromatic ring is 1. The molecule has 2 aromatic heterocycles. The number of unbranched alkanes of at least 4 members (excludes halogenated alkanes) is 1. The quantitative estimate of drug-likeness (QED) is 0.543. The van der Waals surface area contributed by atoms with Crippen molar-refractivity contribution in [2.24, 2.45) is 0 Å². The van der Waals surface area contributed by atoms with Crippen molar-refractivity contribution in [3.8, 4) is 0 Å². The first-order valence-corrected chi connectivity index (χ1v) is 4.86. The van der Waals surface area contributed by atoms with E-state index in [1.165, 1.54) is 6.33 Å². The van der Waals surface area contributed by atoms with Crippen LogP contribution in [0.2, 0.25) is 0 Å². The van der Waals surface area contributed by atoms with Crippen LogP contribution in [0.15, 0.2) is 11.1 Å². The number of carbonyl (C=O) groups excluding carboxylic acids is 1. The van der Waals surface area contributed by atoms with Gasteiger partial charge in [0, 0.05) is 13.0 Å². The lowest BCUT2D eigenvalue weighted by molar-refractivity contribution is -0.107. The van der Waals surface area contributed by atoms with Gasteiger partial charge in [-0.25, -0.2) is 4.98 Å². The summed E-state index contributed by atoms with van der Waals surface area (Å²) in [6.45, 7) is 0.559. The van der Waals surface area contributed by atoms with Gasteiger partial charge in [0.05, 0.1) is 6.33 Å². The van der Waals surface area contributed by atoms with E-state index in [0.29, 0.717) is 30.6 Å². The lowest BCUT2D eigenvalue weighted by atomic mass is 10.3. The molecule has 2 heterocycles. The van der Waals surface area contributed by atoms with Gasteiger partial charge in [-0.3, -0.25) is 9.78 Å². The Labute approximate surface area is 90.3 Å². The van der Waals surface area contributed by atoms with Crippen LogP contribution in [0.4, 0.5) is 5.95 Å². The lowest BCUT2D eigenvalue weighted by Gasteiger charge is -2.00. The summed E-state index contributed by atoms with van der Waals surface area (Å²) in [5.74, 6) is 0.0515. The number of hydrogen-bond acceptors (Lipinski definition) is 5. The predicted molar refractivity (Wildman–Crippen MR) is 57.9 cm³/mol. The van der Waals surface area contributed by atoms with Gasteiger partial charge in [0.25, 0.3) is 5.56 Å². The summed E-state index contributed by atoms with van der Waals surface area (Å²) in [6.07, 6.45) is 3.50. The number of carbonyl (C=O) groups is 1. The van der Waals surface area contributed by atoms with Gasteiger partial charge in [-0.1, -0.05) is 0 Å². The molecule has 3 N–H and O–H groups in total. The largest absolute Gasteiger partial charge is 0.369 e. The molecule has 7 heteroatoms. The van der Waals surface area contributed by atoms with Crippen molar-refractivity contribution >= 4 is 23.4 Å². The number of imidazole rings is 1. The highest BCUT2D eigenvalue weighted by molar-refractivity contribution is 5.70. The van der Waals surface area contributed by atoms with E-state index in [1.807, 2.05) is 0 Å². The second kappa shape index (κ2) is 4.13. The summed E-state index contributed by atoms with van der Waals surface area (Å²) in [6, 6.07) is 0. The van der Waals surface area contributed by atoms with Gasteiger partial charge >= 0.3 is 0 Å². The SMILES string of the molecule is Nc1nc2ncn(CCCC=O)c2c(=O)[nH]1. The first-order chi connectivity index (χ1) is 7.72. The van der Waals surface area contributed by atoms with Crippen LogP contribution in [0, 0.1) is 0 Å². The minimum absolute atomic E-state index is 0.0515. The van der Waals surface area contributed by atoms with E-state index in [-0.39, 0.29) is 11.5 Å². The zero-order chi connectivity index (χ0) is 11.5. The molecule has 0 fully saturated rings. The lowest BCUT2D eigenvalue weighted by Crippen LogP contribution is -2.14. The maximum absolute atomic E-state index is 11.6. The number of fused-ring (bicyclic) bond motifs is 1. The fraction of sp³-hybridized carbons (Fsp3) is 0.333. The molecule has 16 heavy (non-hydrogen) atoms. The van der Waals surface area contributed by atoms with Crippen molar-refractivity contribution < 1.29 is 4.79 Å². The molecule has 0 saturated carbocycles. The molecule has 0 saturated heterocycles. The summed E-state index contributed by atoms with van der Waals surface area (Å²) in [4.78, 5) is 32.1. The van der Waals surface area contributed by atoms with Crippen LogP contribution in [-0.2, 0) is 11.3 Å². The highest BCUT2D eigenvalue weighted by Gasteiger charge is 2.08. The average molecular weight is 221 g/mol. The van der Waals surface area contributed by atoms with Crippen LogP contribution in [0.5, 0.6) is 0 Å². The molecular weight excluding hydrogens is 210 g/mol. The van der Waals surface area contributed by atoms with Crippen LogP contribution in [0.25, 0.3) is 11.2 Å². The van der Waals surface area contributed by atoms with Crippen molar-refractivity contribution in [3.63, 3.8) is 0 Å². The second-order valence-corrected chi connectivity index (χ2v) is 3.37. The summed E-state index contributed by atoms with van der Waals surface area (Å²) >= 11 is 0. The van der Waals surface area contributed by atoms with E-state index in [2.05, 4.69) is 15.0 Å². The van der Waals surface area contributed by atoms with Crippen molar-refractivity contribution in [2.45, 2.75) is 19.4 Å². The first kappa shape index (κ1) is 10.3. The highest BCUT2D eigenvalue weighted by Crippen LogP contribution is 2.06. The Bertz CT molecular complexity index is 571. The van der Waals surface area contributed by atoms with E-state index in [1.54, 1.807) is 4.57 Å². The fourth-order valence-electron chi connectivity index (χ4n) is 1.52. The maximum Gasteiger partial charge on any atom is 0.278 e. The molecule has 2 rings (SSSR count). The van der Waals surface area contributed by atoms with Crippen LogP contribution in [0.1, 0.15) is 12.8 Å². The molecule has 0 spiro atoms. The van der Waals surface area contributed by atoms with Gasteiger partial charge in [-0.2, -0.15) is 4.98 Å². The van der Waals surface area contributed by atoms with Gasteiger partial charge in [0.2, 0.25) is 5.95 Å². The number of H-pyrrole nitrogens is 1. The zero-order valence-electron chi connectivity index (χ0n) is 8.51. The molecule has 0 radical (unpaired) electrons. The number of nitrogens with zero attached hydrogens (tertiary/aromatic N) is 3. The van der Waals surface area contributed by atoms with E-state index in [4.69, 9.17) is 5.73 Å². The molecule has 0 bridgehead atoms. The third-order valence-electron chi connectivity index (χ3n) is 2.22. The number of aryl methyl sites for hydroxylation is 1. The van der Waals surface area contributed by atoms with E-state index >= 15 is 0 Å². The zero-order valence-corrected chi connectivity index (χ0v) is 8.51. The highest BCUT2D eigenvalue weighted by atomic mass is 16.1. The first-order valence-electron chi connectivity index (χ1n) is 4.86. The molecule has 2 aromatic rings. The number of aromatic nitrogens is 4. The normalized spacial score (nSPS) is 10.8. The van der Waals surface area contributed by atoms with E-state index < -0.39 is 0 Å². The fourth-order valence-corrected chi connectivity index (χ4v) is 1.52. The smallest absolute Gasteiger partial charge is 0.278 e. The van der Waals surface area contributed by atoms with Gasteiger partial charge in [0.15, 0.2) is 11.2 Å². The summed E-state index contributed by atoms with van der Waals surface area (Å²) < 4.78 is 1.67. The maximum atomic E-state index is 11.6. The number of hydrogen-bond donors (Lipinski definition) is 2. The van der Waals surface area contributed by atoms with Crippen molar-refractivity contribution in [2.75, 3.05) is 5.73 Å². The Morgan fingerprint density at radius 1 is 1.56 bits per heavy atom. The number of nitrogens with two attached hydrogens (primary N) is 1. The van der Waals surface area contributed by atoms with E-state index in [9.17, 15) is 9.59 Å². The van der Waals surface area contributed by atoms with Crippen molar-refractivity contribution in [1.29, 1.82) is 0 Å². The Kier molecular flexibility index (Phi) is 2.67. The molecular formula is C9H11N5O2. The van der Waals surface area contributed by atoms with Gasteiger partial charge in [0.1, 0.15) is 6.29 Å². The molecule has 0 unspecified atom stereocenters. The second-order valence-electron chi connectivity index (χ2n) is 3.37.